The molecule has 6 nitrogen and oxygen atoms in total. The number of rotatable bonds is 46. The maximum atomic E-state index is 12.7. The predicted octanol–water partition coefficient (Wildman–Crippen LogP) is 16.4. The maximum Gasteiger partial charge on any atom is 0.306 e. The molecule has 1 unspecified atom stereocenters. The number of hydrogen-bond donors (Lipinski definition) is 0. The molecule has 0 bridgehead atoms. The van der Waals surface area contributed by atoms with Gasteiger partial charge in [0.1, 0.15) is 13.2 Å². The molecule has 0 aliphatic carbocycles. The van der Waals surface area contributed by atoms with Crippen molar-refractivity contribution in [2.75, 3.05) is 13.2 Å². The number of unbranched alkanes of at least 4 members (excludes halogenated alkanes) is 31. The Bertz CT molecular complexity index is 942. The van der Waals surface area contributed by atoms with Gasteiger partial charge in [-0.15, -0.1) is 0 Å². The first-order valence-corrected chi connectivity index (χ1v) is 25.3. The van der Waals surface area contributed by atoms with Gasteiger partial charge in [0, 0.05) is 19.3 Å². The molecule has 0 aromatic rings. The molecule has 0 rings (SSSR count). The zero-order chi connectivity index (χ0) is 42.3. The van der Waals surface area contributed by atoms with Gasteiger partial charge in [0.15, 0.2) is 6.10 Å². The molecular formula is C52H96O6. The molecule has 0 radical (unpaired) electrons. The van der Waals surface area contributed by atoms with E-state index in [1.165, 1.54) is 167 Å². The highest BCUT2D eigenvalue weighted by molar-refractivity contribution is 5.71. The number of ether oxygens (including phenoxy) is 3. The van der Waals surface area contributed by atoms with Crippen LogP contribution in [0.1, 0.15) is 271 Å². The highest BCUT2D eigenvalue weighted by atomic mass is 16.6. The number of hydrogen-bond acceptors (Lipinski definition) is 6. The van der Waals surface area contributed by atoms with Crippen LogP contribution in [-0.4, -0.2) is 37.2 Å². The third-order valence-corrected chi connectivity index (χ3v) is 11.2. The first-order chi connectivity index (χ1) is 28.5. The summed E-state index contributed by atoms with van der Waals surface area (Å²) in [6, 6.07) is 0. The van der Waals surface area contributed by atoms with Crippen molar-refractivity contribution in [2.24, 2.45) is 0 Å². The second-order valence-corrected chi connectivity index (χ2v) is 17.1. The van der Waals surface area contributed by atoms with Crippen molar-refractivity contribution < 1.29 is 28.6 Å². The van der Waals surface area contributed by atoms with Crippen LogP contribution < -0.4 is 0 Å². The molecule has 0 heterocycles. The van der Waals surface area contributed by atoms with Crippen LogP contribution in [0.5, 0.6) is 0 Å². The SMILES string of the molecule is CCCCC/C=C\C/C=C\CCCCCCCCCCCC(=O)OCC(COC(=O)CCCCCCCCCCCC)OC(=O)CCCCCCCCCCCCC. The van der Waals surface area contributed by atoms with E-state index in [0.29, 0.717) is 19.3 Å². The quantitative estimate of drug-likeness (QED) is 0.0263. The Morgan fingerprint density at radius 3 is 0.983 bits per heavy atom. The summed E-state index contributed by atoms with van der Waals surface area (Å²) in [5.41, 5.74) is 0. The fraction of sp³-hybridized carbons (Fsp3) is 0.865. The lowest BCUT2D eigenvalue weighted by Crippen LogP contribution is -2.30. The van der Waals surface area contributed by atoms with E-state index in [2.05, 4.69) is 45.1 Å². The van der Waals surface area contributed by atoms with E-state index >= 15 is 0 Å². The minimum absolute atomic E-state index is 0.0680. The molecule has 0 aliphatic rings. The first kappa shape index (κ1) is 55.9. The van der Waals surface area contributed by atoms with E-state index in [4.69, 9.17) is 14.2 Å². The van der Waals surface area contributed by atoms with Gasteiger partial charge in [-0.25, -0.2) is 0 Å². The summed E-state index contributed by atoms with van der Waals surface area (Å²) in [6.45, 7) is 6.61. The monoisotopic (exact) mass is 817 g/mol. The van der Waals surface area contributed by atoms with Gasteiger partial charge in [-0.3, -0.25) is 14.4 Å². The molecular weight excluding hydrogens is 721 g/mol. The van der Waals surface area contributed by atoms with Crippen molar-refractivity contribution in [3.05, 3.63) is 24.3 Å². The predicted molar refractivity (Wildman–Crippen MR) is 247 cm³/mol. The molecule has 0 N–H and O–H groups in total. The molecule has 0 aliphatic heterocycles. The van der Waals surface area contributed by atoms with Gasteiger partial charge in [-0.1, -0.05) is 225 Å². The van der Waals surface area contributed by atoms with E-state index in [-0.39, 0.29) is 31.1 Å². The van der Waals surface area contributed by atoms with E-state index in [0.717, 1.165) is 64.2 Å². The van der Waals surface area contributed by atoms with Gasteiger partial charge in [0.25, 0.3) is 0 Å². The Kier molecular flexibility index (Phi) is 45.8. The number of carbonyl (C=O) groups excluding carboxylic acids is 3. The molecule has 58 heavy (non-hydrogen) atoms. The number of esters is 3. The number of carbonyl (C=O) groups is 3. The lowest BCUT2D eigenvalue weighted by atomic mass is 10.1. The molecule has 6 heteroatoms. The van der Waals surface area contributed by atoms with Crippen molar-refractivity contribution in [2.45, 2.75) is 277 Å². The Labute approximate surface area is 360 Å². The molecule has 0 saturated carbocycles. The van der Waals surface area contributed by atoms with Gasteiger partial charge in [-0.2, -0.15) is 0 Å². The molecule has 0 spiro atoms. The molecule has 340 valence electrons. The van der Waals surface area contributed by atoms with Crippen LogP contribution in [0.4, 0.5) is 0 Å². The Morgan fingerprint density at radius 1 is 0.345 bits per heavy atom. The summed E-state index contributed by atoms with van der Waals surface area (Å²) in [4.78, 5) is 37.8. The second-order valence-electron chi connectivity index (χ2n) is 17.1. The zero-order valence-corrected chi connectivity index (χ0v) is 38.8. The standard InChI is InChI=1S/C52H96O6/c1-4-7-10-13-16-19-22-23-24-25-26-27-28-29-31-33-36-39-42-45-51(54)57-48-49(47-56-50(53)44-41-38-35-32-21-18-15-12-9-6-3)58-52(55)46-43-40-37-34-30-20-17-14-11-8-5-2/h16,19,23-24,49H,4-15,17-18,20-22,25-48H2,1-3H3/b19-16-,24-23-. The number of allylic oxidation sites excluding steroid dienone is 4. The summed E-state index contributed by atoms with van der Waals surface area (Å²) in [5.74, 6) is -0.863. The minimum Gasteiger partial charge on any atom is -0.462 e. The highest BCUT2D eigenvalue weighted by Crippen LogP contribution is 2.15. The maximum absolute atomic E-state index is 12.7. The lowest BCUT2D eigenvalue weighted by molar-refractivity contribution is -0.167. The van der Waals surface area contributed by atoms with Crippen LogP contribution in [0, 0.1) is 0 Å². The van der Waals surface area contributed by atoms with Crippen molar-refractivity contribution in [1.82, 2.24) is 0 Å². The Morgan fingerprint density at radius 2 is 0.621 bits per heavy atom. The largest absolute Gasteiger partial charge is 0.462 e. The van der Waals surface area contributed by atoms with Crippen LogP contribution >= 0.6 is 0 Å². The minimum atomic E-state index is -0.765. The van der Waals surface area contributed by atoms with Crippen LogP contribution in [0.25, 0.3) is 0 Å². The summed E-state index contributed by atoms with van der Waals surface area (Å²) in [7, 11) is 0. The van der Waals surface area contributed by atoms with Crippen LogP contribution in [0.2, 0.25) is 0 Å². The van der Waals surface area contributed by atoms with Gasteiger partial charge in [0.05, 0.1) is 0 Å². The summed E-state index contributed by atoms with van der Waals surface area (Å²) in [6.07, 6.45) is 53.0. The van der Waals surface area contributed by atoms with Crippen molar-refractivity contribution in [3.8, 4) is 0 Å². The van der Waals surface area contributed by atoms with Gasteiger partial charge in [-0.05, 0) is 51.4 Å². The molecule has 0 saturated heterocycles. The van der Waals surface area contributed by atoms with E-state index < -0.39 is 6.10 Å². The Balaban J connectivity index is 4.26. The van der Waals surface area contributed by atoms with Crippen molar-refractivity contribution in [1.29, 1.82) is 0 Å². The van der Waals surface area contributed by atoms with Gasteiger partial charge < -0.3 is 14.2 Å². The van der Waals surface area contributed by atoms with Crippen molar-refractivity contribution >= 4 is 17.9 Å². The first-order valence-electron chi connectivity index (χ1n) is 25.3. The topological polar surface area (TPSA) is 78.9 Å². The molecule has 0 fully saturated rings. The lowest BCUT2D eigenvalue weighted by Gasteiger charge is -2.18. The van der Waals surface area contributed by atoms with Crippen LogP contribution in [0.15, 0.2) is 24.3 Å². The second kappa shape index (κ2) is 47.6. The summed E-state index contributed by atoms with van der Waals surface area (Å²) < 4.78 is 16.8. The molecule has 0 aromatic heterocycles. The van der Waals surface area contributed by atoms with E-state index in [9.17, 15) is 14.4 Å². The highest BCUT2D eigenvalue weighted by Gasteiger charge is 2.19. The van der Waals surface area contributed by atoms with Crippen LogP contribution in [0.3, 0.4) is 0 Å². The fourth-order valence-electron chi connectivity index (χ4n) is 7.36. The smallest absolute Gasteiger partial charge is 0.306 e. The normalized spacial score (nSPS) is 12.1. The Hall–Kier alpha value is -2.11. The fourth-order valence-corrected chi connectivity index (χ4v) is 7.36. The molecule has 0 amide bonds. The average Bonchev–Trinajstić information content (AvgIpc) is 3.22. The zero-order valence-electron chi connectivity index (χ0n) is 38.8. The van der Waals surface area contributed by atoms with Gasteiger partial charge >= 0.3 is 17.9 Å². The summed E-state index contributed by atoms with van der Waals surface area (Å²) >= 11 is 0. The van der Waals surface area contributed by atoms with Gasteiger partial charge in [0.2, 0.25) is 0 Å². The van der Waals surface area contributed by atoms with E-state index in [1.807, 2.05) is 0 Å². The van der Waals surface area contributed by atoms with Crippen LogP contribution in [-0.2, 0) is 28.6 Å². The molecule has 1 atom stereocenters. The molecule has 0 aromatic carbocycles. The average molecular weight is 817 g/mol. The summed E-state index contributed by atoms with van der Waals surface area (Å²) in [5, 5.41) is 0. The third-order valence-electron chi connectivity index (χ3n) is 11.2. The van der Waals surface area contributed by atoms with Crippen molar-refractivity contribution in [3.63, 3.8) is 0 Å². The van der Waals surface area contributed by atoms with E-state index in [1.54, 1.807) is 0 Å². The third kappa shape index (κ3) is 45.0.